The molecular formula is C16H23N3O2. The van der Waals surface area contributed by atoms with Gasteiger partial charge in [0.1, 0.15) is 11.5 Å². The number of nitrogens with zero attached hydrogens (tertiary/aromatic N) is 1. The van der Waals surface area contributed by atoms with Gasteiger partial charge in [0, 0.05) is 37.6 Å². The van der Waals surface area contributed by atoms with Crippen molar-refractivity contribution in [1.29, 1.82) is 0 Å². The second kappa shape index (κ2) is 6.26. The van der Waals surface area contributed by atoms with Gasteiger partial charge in [0.25, 0.3) is 0 Å². The fourth-order valence-corrected chi connectivity index (χ4v) is 2.78. The minimum Gasteiger partial charge on any atom is -0.496 e. The lowest BCUT2D eigenvalue weighted by Gasteiger charge is -2.23. The summed E-state index contributed by atoms with van der Waals surface area (Å²) in [6.45, 7) is 6.21. The predicted molar refractivity (Wildman–Crippen MR) is 84.4 cm³/mol. The molecule has 21 heavy (non-hydrogen) atoms. The maximum absolute atomic E-state index is 5.74. The van der Waals surface area contributed by atoms with Crippen LogP contribution in [0.5, 0.6) is 5.75 Å². The van der Waals surface area contributed by atoms with E-state index < -0.39 is 0 Å². The lowest BCUT2D eigenvalue weighted by atomic mass is 10.1. The molecule has 0 spiro atoms. The van der Waals surface area contributed by atoms with Crippen LogP contribution in [0.2, 0.25) is 0 Å². The standard InChI is InChI=1S/C16H23N3O2/c1-12-18-11-16(21-12)14-5-4-13(10-15(14)20-2)19-8-3-6-17-7-9-19/h4-5,10-12,17-18H,3,6-9H2,1-2H3. The second-order valence-corrected chi connectivity index (χ2v) is 5.41. The van der Waals surface area contributed by atoms with Crippen LogP contribution in [0, 0.1) is 0 Å². The predicted octanol–water partition coefficient (Wildman–Crippen LogP) is 1.76. The summed E-state index contributed by atoms with van der Waals surface area (Å²) >= 11 is 0. The molecule has 2 aliphatic heterocycles. The molecule has 3 rings (SSSR count). The van der Waals surface area contributed by atoms with E-state index in [1.165, 1.54) is 12.1 Å². The van der Waals surface area contributed by atoms with E-state index in [1.54, 1.807) is 7.11 Å². The molecule has 0 aromatic heterocycles. The van der Waals surface area contributed by atoms with Crippen molar-refractivity contribution < 1.29 is 9.47 Å². The van der Waals surface area contributed by atoms with Crippen LogP contribution < -0.4 is 20.3 Å². The first-order valence-corrected chi connectivity index (χ1v) is 7.55. The van der Waals surface area contributed by atoms with Gasteiger partial charge in [0.2, 0.25) is 0 Å². The van der Waals surface area contributed by atoms with E-state index >= 15 is 0 Å². The van der Waals surface area contributed by atoms with Crippen molar-refractivity contribution in [1.82, 2.24) is 10.6 Å². The maximum atomic E-state index is 5.74. The molecule has 1 fully saturated rings. The Kier molecular flexibility index (Phi) is 4.20. The molecule has 1 saturated heterocycles. The first kappa shape index (κ1) is 14.1. The summed E-state index contributed by atoms with van der Waals surface area (Å²) in [6, 6.07) is 6.34. The highest BCUT2D eigenvalue weighted by Gasteiger charge is 2.19. The van der Waals surface area contributed by atoms with Gasteiger partial charge in [-0.05, 0) is 32.0 Å². The van der Waals surface area contributed by atoms with Gasteiger partial charge in [0.05, 0.1) is 12.7 Å². The average Bonchev–Trinajstić information content (AvgIpc) is 2.77. The number of hydrogen-bond donors (Lipinski definition) is 2. The Labute approximate surface area is 125 Å². The van der Waals surface area contributed by atoms with E-state index in [0.717, 1.165) is 43.3 Å². The maximum Gasteiger partial charge on any atom is 0.166 e. The van der Waals surface area contributed by atoms with E-state index in [1.807, 2.05) is 13.1 Å². The minimum absolute atomic E-state index is 0.0149. The average molecular weight is 289 g/mol. The van der Waals surface area contributed by atoms with Gasteiger partial charge in [0.15, 0.2) is 6.23 Å². The van der Waals surface area contributed by atoms with Crippen LogP contribution in [0.3, 0.4) is 0 Å². The molecule has 0 bridgehead atoms. The van der Waals surface area contributed by atoms with Gasteiger partial charge in [-0.2, -0.15) is 0 Å². The fraction of sp³-hybridized carbons (Fsp3) is 0.500. The molecule has 2 aliphatic rings. The summed E-state index contributed by atoms with van der Waals surface area (Å²) in [5.74, 6) is 1.69. The van der Waals surface area contributed by atoms with Crippen LogP contribution in [-0.4, -0.2) is 39.5 Å². The third-order valence-corrected chi connectivity index (χ3v) is 3.91. The van der Waals surface area contributed by atoms with Crippen molar-refractivity contribution in [3.05, 3.63) is 30.0 Å². The van der Waals surface area contributed by atoms with Crippen molar-refractivity contribution in [3.63, 3.8) is 0 Å². The van der Waals surface area contributed by atoms with Crippen LogP contribution in [0.1, 0.15) is 18.9 Å². The van der Waals surface area contributed by atoms with Crippen molar-refractivity contribution >= 4 is 11.4 Å². The molecule has 2 heterocycles. The quantitative estimate of drug-likeness (QED) is 0.888. The Balaban J connectivity index is 1.84. The van der Waals surface area contributed by atoms with E-state index in [-0.39, 0.29) is 6.23 Å². The van der Waals surface area contributed by atoms with Crippen molar-refractivity contribution in [2.75, 3.05) is 38.2 Å². The minimum atomic E-state index is 0.0149. The number of ether oxygens (including phenoxy) is 2. The fourth-order valence-electron chi connectivity index (χ4n) is 2.78. The molecule has 114 valence electrons. The van der Waals surface area contributed by atoms with E-state index in [2.05, 4.69) is 33.7 Å². The first-order valence-electron chi connectivity index (χ1n) is 7.55. The Morgan fingerprint density at radius 3 is 2.95 bits per heavy atom. The highest BCUT2D eigenvalue weighted by Crippen LogP contribution is 2.33. The summed E-state index contributed by atoms with van der Waals surface area (Å²) in [5.41, 5.74) is 2.20. The SMILES string of the molecule is COc1cc(N2CCCNCC2)ccc1C1=CNC(C)O1. The number of nitrogens with one attached hydrogen (secondary N) is 2. The smallest absolute Gasteiger partial charge is 0.166 e. The Bertz CT molecular complexity index is 522. The normalized spacial score (nSPS) is 22.1. The molecule has 0 aliphatic carbocycles. The first-order chi connectivity index (χ1) is 10.3. The van der Waals surface area contributed by atoms with Crippen LogP contribution >= 0.6 is 0 Å². The number of anilines is 1. The Morgan fingerprint density at radius 1 is 1.29 bits per heavy atom. The van der Waals surface area contributed by atoms with Gasteiger partial charge in [-0.1, -0.05) is 0 Å². The molecule has 1 aromatic carbocycles. The number of hydrogen-bond acceptors (Lipinski definition) is 5. The second-order valence-electron chi connectivity index (χ2n) is 5.41. The monoisotopic (exact) mass is 289 g/mol. The molecule has 0 amide bonds. The molecule has 1 aromatic rings. The van der Waals surface area contributed by atoms with Gasteiger partial charge < -0.3 is 25.0 Å². The van der Waals surface area contributed by atoms with Gasteiger partial charge in [-0.15, -0.1) is 0 Å². The van der Waals surface area contributed by atoms with Crippen molar-refractivity contribution in [2.24, 2.45) is 0 Å². The molecule has 0 saturated carbocycles. The molecule has 0 radical (unpaired) electrons. The zero-order chi connectivity index (χ0) is 14.7. The summed E-state index contributed by atoms with van der Waals surface area (Å²) in [7, 11) is 1.71. The Morgan fingerprint density at radius 2 is 2.19 bits per heavy atom. The van der Waals surface area contributed by atoms with Crippen LogP contribution in [0.25, 0.3) is 5.76 Å². The van der Waals surface area contributed by atoms with Gasteiger partial charge in [-0.25, -0.2) is 0 Å². The number of benzene rings is 1. The molecule has 2 N–H and O–H groups in total. The van der Waals surface area contributed by atoms with Crippen LogP contribution in [0.4, 0.5) is 5.69 Å². The van der Waals surface area contributed by atoms with Crippen LogP contribution in [-0.2, 0) is 4.74 Å². The van der Waals surface area contributed by atoms with E-state index in [0.29, 0.717) is 0 Å². The summed E-state index contributed by atoms with van der Waals surface area (Å²) in [4.78, 5) is 2.40. The molecule has 1 atom stereocenters. The lowest BCUT2D eigenvalue weighted by Crippen LogP contribution is -2.27. The molecule has 1 unspecified atom stereocenters. The van der Waals surface area contributed by atoms with E-state index in [4.69, 9.17) is 9.47 Å². The Hall–Kier alpha value is -1.88. The molecule has 5 nitrogen and oxygen atoms in total. The molecule has 5 heteroatoms. The van der Waals surface area contributed by atoms with Crippen molar-refractivity contribution in [3.8, 4) is 5.75 Å². The summed E-state index contributed by atoms with van der Waals surface area (Å²) in [5, 5.41) is 6.57. The van der Waals surface area contributed by atoms with Crippen molar-refractivity contribution in [2.45, 2.75) is 19.6 Å². The highest BCUT2D eigenvalue weighted by molar-refractivity contribution is 5.70. The van der Waals surface area contributed by atoms with E-state index in [9.17, 15) is 0 Å². The topological polar surface area (TPSA) is 45.8 Å². The van der Waals surface area contributed by atoms with Gasteiger partial charge >= 0.3 is 0 Å². The third kappa shape index (κ3) is 3.08. The largest absolute Gasteiger partial charge is 0.496 e. The summed E-state index contributed by atoms with van der Waals surface area (Å²) < 4.78 is 11.3. The van der Waals surface area contributed by atoms with Gasteiger partial charge in [-0.3, -0.25) is 0 Å². The third-order valence-electron chi connectivity index (χ3n) is 3.91. The highest BCUT2D eigenvalue weighted by atomic mass is 16.5. The number of rotatable bonds is 3. The lowest BCUT2D eigenvalue weighted by molar-refractivity contribution is 0.190. The zero-order valence-corrected chi connectivity index (χ0v) is 12.7. The zero-order valence-electron chi connectivity index (χ0n) is 12.7. The van der Waals surface area contributed by atoms with Crippen LogP contribution in [0.15, 0.2) is 24.4 Å². The molecular weight excluding hydrogens is 266 g/mol. The number of methoxy groups -OCH3 is 1. The summed E-state index contributed by atoms with van der Waals surface area (Å²) in [6.07, 6.45) is 3.08.